The molecule has 112 valence electrons. The van der Waals surface area contributed by atoms with Gasteiger partial charge in [0.05, 0.1) is 6.54 Å². The van der Waals surface area contributed by atoms with Gasteiger partial charge in [-0.2, -0.15) is 4.98 Å². The van der Waals surface area contributed by atoms with E-state index < -0.39 is 0 Å². The molecular formula is C15H19FN4O. The number of likely N-dealkylation sites (tertiary alicyclic amines) is 1. The molecule has 5 nitrogen and oxygen atoms in total. The first-order valence-corrected chi connectivity index (χ1v) is 7.18. The molecule has 1 saturated heterocycles. The maximum atomic E-state index is 12.9. The third-order valence-electron chi connectivity index (χ3n) is 4.03. The van der Waals surface area contributed by atoms with Gasteiger partial charge >= 0.3 is 0 Å². The lowest BCUT2D eigenvalue weighted by Crippen LogP contribution is -2.27. The van der Waals surface area contributed by atoms with Crippen molar-refractivity contribution in [2.75, 3.05) is 13.1 Å². The SMILES string of the molecule is CC1CC(CN)CN1Cc1nc(-c2ccc(F)cc2)no1. The van der Waals surface area contributed by atoms with Crippen LogP contribution in [0.2, 0.25) is 0 Å². The van der Waals surface area contributed by atoms with Gasteiger partial charge in [-0.1, -0.05) is 5.16 Å². The number of rotatable bonds is 4. The van der Waals surface area contributed by atoms with E-state index in [0.29, 0.717) is 36.8 Å². The van der Waals surface area contributed by atoms with E-state index >= 15 is 0 Å². The van der Waals surface area contributed by atoms with Crippen molar-refractivity contribution in [2.24, 2.45) is 11.7 Å². The molecule has 1 aromatic heterocycles. The maximum Gasteiger partial charge on any atom is 0.241 e. The highest BCUT2D eigenvalue weighted by molar-refractivity contribution is 5.53. The Balaban J connectivity index is 1.69. The van der Waals surface area contributed by atoms with Crippen molar-refractivity contribution in [2.45, 2.75) is 25.9 Å². The summed E-state index contributed by atoms with van der Waals surface area (Å²) >= 11 is 0. The molecule has 1 aliphatic heterocycles. The third-order valence-corrected chi connectivity index (χ3v) is 4.03. The second-order valence-electron chi connectivity index (χ2n) is 5.63. The summed E-state index contributed by atoms with van der Waals surface area (Å²) in [7, 11) is 0. The fraction of sp³-hybridized carbons (Fsp3) is 0.467. The van der Waals surface area contributed by atoms with Gasteiger partial charge < -0.3 is 10.3 Å². The highest BCUT2D eigenvalue weighted by Gasteiger charge is 2.29. The van der Waals surface area contributed by atoms with Crippen molar-refractivity contribution < 1.29 is 8.91 Å². The Bertz CT molecular complexity index is 598. The molecule has 3 rings (SSSR count). The summed E-state index contributed by atoms with van der Waals surface area (Å²) in [6.45, 7) is 4.50. The first-order valence-electron chi connectivity index (χ1n) is 7.18. The zero-order valence-electron chi connectivity index (χ0n) is 12.0. The highest BCUT2D eigenvalue weighted by Crippen LogP contribution is 2.24. The van der Waals surface area contributed by atoms with Gasteiger partial charge in [0.15, 0.2) is 0 Å². The van der Waals surface area contributed by atoms with Crippen LogP contribution in [-0.2, 0) is 6.54 Å². The average Bonchev–Trinajstić information content (AvgIpc) is 3.08. The van der Waals surface area contributed by atoms with Crippen molar-refractivity contribution in [3.63, 3.8) is 0 Å². The Morgan fingerprint density at radius 2 is 2.14 bits per heavy atom. The van der Waals surface area contributed by atoms with E-state index in [0.717, 1.165) is 18.5 Å². The summed E-state index contributed by atoms with van der Waals surface area (Å²) in [5.41, 5.74) is 6.49. The maximum absolute atomic E-state index is 12.9. The summed E-state index contributed by atoms with van der Waals surface area (Å²) < 4.78 is 18.2. The third kappa shape index (κ3) is 3.11. The lowest BCUT2D eigenvalue weighted by atomic mass is 10.1. The van der Waals surface area contributed by atoms with Crippen LogP contribution in [-0.4, -0.2) is 34.2 Å². The summed E-state index contributed by atoms with van der Waals surface area (Å²) in [6.07, 6.45) is 1.11. The molecule has 2 atom stereocenters. The van der Waals surface area contributed by atoms with Gasteiger partial charge in [-0.05, 0) is 50.1 Å². The van der Waals surface area contributed by atoms with Crippen molar-refractivity contribution >= 4 is 0 Å². The van der Waals surface area contributed by atoms with Crippen LogP contribution in [0.4, 0.5) is 4.39 Å². The monoisotopic (exact) mass is 290 g/mol. The van der Waals surface area contributed by atoms with E-state index in [-0.39, 0.29) is 5.82 Å². The number of nitrogens with zero attached hydrogens (tertiary/aromatic N) is 3. The number of halogens is 1. The van der Waals surface area contributed by atoms with E-state index in [1.807, 2.05) is 0 Å². The van der Waals surface area contributed by atoms with Crippen molar-refractivity contribution in [3.8, 4) is 11.4 Å². The Kier molecular flexibility index (Phi) is 3.98. The largest absolute Gasteiger partial charge is 0.338 e. The van der Waals surface area contributed by atoms with Crippen LogP contribution >= 0.6 is 0 Å². The van der Waals surface area contributed by atoms with Crippen LogP contribution in [0.25, 0.3) is 11.4 Å². The van der Waals surface area contributed by atoms with Gasteiger partial charge in [0, 0.05) is 18.2 Å². The fourth-order valence-electron chi connectivity index (χ4n) is 2.82. The number of nitrogens with two attached hydrogens (primary N) is 1. The first-order chi connectivity index (χ1) is 10.2. The van der Waals surface area contributed by atoms with E-state index in [1.165, 1.54) is 12.1 Å². The molecule has 0 amide bonds. The minimum absolute atomic E-state index is 0.277. The lowest BCUT2D eigenvalue weighted by Gasteiger charge is -2.18. The van der Waals surface area contributed by atoms with Crippen LogP contribution < -0.4 is 5.73 Å². The zero-order chi connectivity index (χ0) is 14.8. The second kappa shape index (κ2) is 5.91. The topological polar surface area (TPSA) is 68.2 Å². The molecule has 2 N–H and O–H groups in total. The van der Waals surface area contributed by atoms with E-state index in [1.54, 1.807) is 12.1 Å². The minimum Gasteiger partial charge on any atom is -0.338 e. The van der Waals surface area contributed by atoms with Gasteiger partial charge in [-0.3, -0.25) is 4.90 Å². The molecule has 2 heterocycles. The molecule has 21 heavy (non-hydrogen) atoms. The molecule has 6 heteroatoms. The number of aromatic nitrogens is 2. The van der Waals surface area contributed by atoms with Gasteiger partial charge in [0.25, 0.3) is 0 Å². The molecule has 2 unspecified atom stereocenters. The highest BCUT2D eigenvalue weighted by atomic mass is 19.1. The summed E-state index contributed by atoms with van der Waals surface area (Å²) in [6, 6.07) is 6.54. The number of hydrogen-bond donors (Lipinski definition) is 1. The summed E-state index contributed by atoms with van der Waals surface area (Å²) in [5, 5.41) is 3.96. The van der Waals surface area contributed by atoms with Crippen molar-refractivity contribution in [3.05, 3.63) is 36.0 Å². The summed E-state index contributed by atoms with van der Waals surface area (Å²) in [5.74, 6) is 1.34. The summed E-state index contributed by atoms with van der Waals surface area (Å²) in [4.78, 5) is 6.69. The molecule has 0 saturated carbocycles. The number of benzene rings is 1. The molecular weight excluding hydrogens is 271 g/mol. The molecule has 1 aromatic carbocycles. The molecule has 1 aliphatic rings. The Morgan fingerprint density at radius 1 is 1.38 bits per heavy atom. The van der Waals surface area contributed by atoms with Gasteiger partial charge in [0.1, 0.15) is 5.82 Å². The molecule has 0 spiro atoms. The van der Waals surface area contributed by atoms with Crippen LogP contribution in [0.3, 0.4) is 0 Å². The van der Waals surface area contributed by atoms with Crippen LogP contribution in [0.5, 0.6) is 0 Å². The van der Waals surface area contributed by atoms with Crippen molar-refractivity contribution in [1.82, 2.24) is 15.0 Å². The van der Waals surface area contributed by atoms with Gasteiger partial charge in [0.2, 0.25) is 11.7 Å². The molecule has 0 bridgehead atoms. The average molecular weight is 290 g/mol. The lowest BCUT2D eigenvalue weighted by molar-refractivity contribution is 0.218. The normalized spacial score (nSPS) is 22.8. The molecule has 1 fully saturated rings. The standard InChI is InChI=1S/C15H19FN4O/c1-10-6-11(7-17)8-20(10)9-14-18-15(19-21-14)12-2-4-13(16)5-3-12/h2-5,10-11H,6-9,17H2,1H3. The minimum atomic E-state index is -0.277. The molecule has 0 aliphatic carbocycles. The van der Waals surface area contributed by atoms with E-state index in [9.17, 15) is 4.39 Å². The van der Waals surface area contributed by atoms with Gasteiger partial charge in [-0.15, -0.1) is 0 Å². The van der Waals surface area contributed by atoms with Crippen LogP contribution in [0.15, 0.2) is 28.8 Å². The quantitative estimate of drug-likeness (QED) is 0.933. The Hall–Kier alpha value is -1.79. The number of hydrogen-bond acceptors (Lipinski definition) is 5. The molecule has 0 radical (unpaired) electrons. The molecule has 2 aromatic rings. The van der Waals surface area contributed by atoms with Gasteiger partial charge in [-0.25, -0.2) is 4.39 Å². The smallest absolute Gasteiger partial charge is 0.241 e. The predicted octanol–water partition coefficient (Wildman–Crippen LogP) is 2.04. The zero-order valence-corrected chi connectivity index (χ0v) is 12.0. The van der Waals surface area contributed by atoms with Crippen LogP contribution in [0, 0.1) is 11.7 Å². The fourth-order valence-corrected chi connectivity index (χ4v) is 2.82. The van der Waals surface area contributed by atoms with E-state index in [2.05, 4.69) is 22.0 Å². The van der Waals surface area contributed by atoms with E-state index in [4.69, 9.17) is 10.3 Å². The van der Waals surface area contributed by atoms with Crippen LogP contribution in [0.1, 0.15) is 19.2 Å². The van der Waals surface area contributed by atoms with Crippen molar-refractivity contribution in [1.29, 1.82) is 0 Å². The Morgan fingerprint density at radius 3 is 2.81 bits per heavy atom. The Labute approximate surface area is 122 Å². The first kappa shape index (κ1) is 14.2. The predicted molar refractivity (Wildman–Crippen MR) is 76.7 cm³/mol. The second-order valence-corrected chi connectivity index (χ2v) is 5.63.